The van der Waals surface area contributed by atoms with Crippen molar-refractivity contribution in [2.24, 2.45) is 0 Å². The molecule has 6 heteroatoms. The van der Waals surface area contributed by atoms with Crippen LogP contribution in [-0.2, 0) is 4.79 Å². The van der Waals surface area contributed by atoms with Crippen LogP contribution in [0.2, 0.25) is 5.02 Å². The molecule has 0 spiro atoms. The molecule has 0 aliphatic rings. The normalized spacial score (nSPS) is 10.3. The molecule has 2 rings (SSSR count). The molecule has 0 bridgehead atoms. The zero-order chi connectivity index (χ0) is 17.0. The first-order valence-corrected chi connectivity index (χ1v) is 8.03. The van der Waals surface area contributed by atoms with Gasteiger partial charge in [0.15, 0.2) is 12.4 Å². The van der Waals surface area contributed by atoms with Crippen molar-refractivity contribution in [3.63, 3.8) is 0 Å². The maximum atomic E-state index is 12.0. The molecule has 0 radical (unpaired) electrons. The maximum absolute atomic E-state index is 12.0. The summed E-state index contributed by atoms with van der Waals surface area (Å²) in [6.07, 6.45) is 0. The SMILES string of the molecule is CC(=O)c1cc(Cl)ccc1OCC(=O)Nc1ccc(C)cc1Br. The summed E-state index contributed by atoms with van der Waals surface area (Å²) in [5.74, 6) is -0.164. The molecule has 0 aliphatic carbocycles. The highest BCUT2D eigenvalue weighted by Gasteiger charge is 2.12. The number of ketones is 1. The van der Waals surface area contributed by atoms with Gasteiger partial charge in [0, 0.05) is 9.50 Å². The second-order valence-electron chi connectivity index (χ2n) is 5.02. The molecule has 0 saturated heterocycles. The van der Waals surface area contributed by atoms with E-state index in [0.29, 0.717) is 22.0 Å². The van der Waals surface area contributed by atoms with Crippen molar-refractivity contribution >= 4 is 44.9 Å². The summed E-state index contributed by atoms with van der Waals surface area (Å²) in [5, 5.41) is 3.19. The second-order valence-corrected chi connectivity index (χ2v) is 6.31. The molecule has 0 saturated carbocycles. The lowest BCUT2D eigenvalue weighted by atomic mass is 10.1. The Kier molecular flexibility index (Phi) is 5.80. The topological polar surface area (TPSA) is 55.4 Å². The van der Waals surface area contributed by atoms with Crippen molar-refractivity contribution in [3.05, 3.63) is 57.0 Å². The lowest BCUT2D eigenvalue weighted by molar-refractivity contribution is -0.118. The van der Waals surface area contributed by atoms with E-state index >= 15 is 0 Å². The van der Waals surface area contributed by atoms with Gasteiger partial charge in [0.05, 0.1) is 11.3 Å². The number of Topliss-reactive ketones (excluding diaryl/α,β-unsaturated/α-hetero) is 1. The first kappa shape index (κ1) is 17.5. The van der Waals surface area contributed by atoms with Gasteiger partial charge < -0.3 is 10.1 Å². The van der Waals surface area contributed by atoms with Gasteiger partial charge in [0.1, 0.15) is 5.75 Å². The van der Waals surface area contributed by atoms with Crippen molar-refractivity contribution in [1.82, 2.24) is 0 Å². The summed E-state index contributed by atoms with van der Waals surface area (Å²) in [4.78, 5) is 23.6. The van der Waals surface area contributed by atoms with Crippen LogP contribution in [0.25, 0.3) is 0 Å². The van der Waals surface area contributed by atoms with Crippen LogP contribution in [0.1, 0.15) is 22.8 Å². The third-order valence-electron chi connectivity index (χ3n) is 3.08. The minimum Gasteiger partial charge on any atom is -0.483 e. The number of benzene rings is 2. The van der Waals surface area contributed by atoms with Crippen molar-refractivity contribution in [3.8, 4) is 5.75 Å². The Morgan fingerprint density at radius 3 is 2.61 bits per heavy atom. The van der Waals surface area contributed by atoms with Crippen LogP contribution < -0.4 is 10.1 Å². The summed E-state index contributed by atoms with van der Waals surface area (Å²) in [6, 6.07) is 10.3. The molecule has 2 aromatic carbocycles. The van der Waals surface area contributed by atoms with E-state index in [1.165, 1.54) is 13.0 Å². The van der Waals surface area contributed by atoms with Crippen molar-refractivity contribution < 1.29 is 14.3 Å². The van der Waals surface area contributed by atoms with E-state index < -0.39 is 0 Å². The van der Waals surface area contributed by atoms with Gasteiger partial charge in [0.25, 0.3) is 5.91 Å². The highest BCUT2D eigenvalue weighted by atomic mass is 79.9. The fourth-order valence-electron chi connectivity index (χ4n) is 1.95. The molecule has 1 N–H and O–H groups in total. The molecular formula is C17H15BrClNO3. The average molecular weight is 397 g/mol. The Morgan fingerprint density at radius 1 is 1.22 bits per heavy atom. The van der Waals surface area contributed by atoms with Crippen LogP contribution in [0, 0.1) is 6.92 Å². The minimum absolute atomic E-state index is 0.177. The van der Waals surface area contributed by atoms with Crippen molar-refractivity contribution in [2.45, 2.75) is 13.8 Å². The largest absolute Gasteiger partial charge is 0.483 e. The van der Waals surface area contributed by atoms with Crippen LogP contribution >= 0.6 is 27.5 Å². The Hall–Kier alpha value is -1.85. The summed E-state index contributed by atoms with van der Waals surface area (Å²) < 4.78 is 6.24. The zero-order valence-corrected chi connectivity index (χ0v) is 15.0. The van der Waals surface area contributed by atoms with Crippen molar-refractivity contribution in [2.75, 3.05) is 11.9 Å². The fourth-order valence-corrected chi connectivity index (χ4v) is 2.72. The summed E-state index contributed by atoms with van der Waals surface area (Å²) in [5.41, 5.74) is 2.09. The maximum Gasteiger partial charge on any atom is 0.262 e. The Bertz CT molecular complexity index is 761. The third kappa shape index (κ3) is 4.81. The Balaban J connectivity index is 2.03. The van der Waals surface area contributed by atoms with Crippen LogP contribution in [-0.4, -0.2) is 18.3 Å². The first-order valence-electron chi connectivity index (χ1n) is 6.86. The van der Waals surface area contributed by atoms with Gasteiger partial charge in [-0.2, -0.15) is 0 Å². The van der Waals surface area contributed by atoms with E-state index in [-0.39, 0.29) is 18.3 Å². The van der Waals surface area contributed by atoms with E-state index in [1.807, 2.05) is 19.1 Å². The van der Waals surface area contributed by atoms with E-state index in [2.05, 4.69) is 21.2 Å². The van der Waals surface area contributed by atoms with Gasteiger partial charge in [-0.1, -0.05) is 17.7 Å². The molecule has 120 valence electrons. The number of hydrogen-bond donors (Lipinski definition) is 1. The summed E-state index contributed by atoms with van der Waals surface area (Å²) in [7, 11) is 0. The molecule has 4 nitrogen and oxygen atoms in total. The van der Waals surface area contributed by atoms with Gasteiger partial charge in [0.2, 0.25) is 0 Å². The molecule has 0 atom stereocenters. The number of rotatable bonds is 5. The number of carbonyl (C=O) groups is 2. The van der Waals surface area contributed by atoms with Crippen LogP contribution in [0.3, 0.4) is 0 Å². The van der Waals surface area contributed by atoms with Gasteiger partial charge in [-0.3, -0.25) is 9.59 Å². The van der Waals surface area contributed by atoms with E-state index in [4.69, 9.17) is 16.3 Å². The lowest BCUT2D eigenvalue weighted by Gasteiger charge is -2.11. The van der Waals surface area contributed by atoms with E-state index in [9.17, 15) is 9.59 Å². The quantitative estimate of drug-likeness (QED) is 0.750. The van der Waals surface area contributed by atoms with Crippen LogP contribution in [0.15, 0.2) is 40.9 Å². The monoisotopic (exact) mass is 395 g/mol. The molecule has 0 aromatic heterocycles. The molecule has 1 amide bonds. The summed E-state index contributed by atoms with van der Waals surface area (Å²) >= 11 is 9.26. The number of aryl methyl sites for hydroxylation is 1. The lowest BCUT2D eigenvalue weighted by Crippen LogP contribution is -2.21. The standard InChI is InChI=1S/C17H15BrClNO3/c1-10-3-5-15(14(18)7-10)20-17(22)9-23-16-6-4-12(19)8-13(16)11(2)21/h3-8H,9H2,1-2H3,(H,20,22). The Labute approximate surface area is 147 Å². The average Bonchev–Trinajstić information content (AvgIpc) is 2.48. The number of anilines is 1. The number of ether oxygens (including phenoxy) is 1. The highest BCUT2D eigenvalue weighted by molar-refractivity contribution is 9.10. The Morgan fingerprint density at radius 2 is 1.96 bits per heavy atom. The molecule has 0 heterocycles. The predicted octanol–water partition coefficient (Wildman–Crippen LogP) is 4.63. The summed E-state index contributed by atoms with van der Waals surface area (Å²) in [6.45, 7) is 3.17. The molecule has 0 aliphatic heterocycles. The molecule has 0 fully saturated rings. The van der Waals surface area contributed by atoms with Crippen molar-refractivity contribution in [1.29, 1.82) is 0 Å². The predicted molar refractivity (Wildman–Crippen MR) is 94.5 cm³/mol. The van der Waals surface area contributed by atoms with Gasteiger partial charge >= 0.3 is 0 Å². The molecule has 23 heavy (non-hydrogen) atoms. The second kappa shape index (κ2) is 7.62. The van der Waals surface area contributed by atoms with E-state index in [0.717, 1.165) is 10.0 Å². The van der Waals surface area contributed by atoms with Gasteiger partial charge in [-0.25, -0.2) is 0 Å². The van der Waals surface area contributed by atoms with Gasteiger partial charge in [-0.15, -0.1) is 0 Å². The number of nitrogens with one attached hydrogen (secondary N) is 1. The van der Waals surface area contributed by atoms with Crippen LogP contribution in [0.5, 0.6) is 5.75 Å². The number of halogens is 2. The molecule has 0 unspecified atom stereocenters. The fraction of sp³-hybridized carbons (Fsp3) is 0.176. The number of amides is 1. The minimum atomic E-state index is -0.320. The van der Waals surface area contributed by atoms with Gasteiger partial charge in [-0.05, 0) is 65.7 Å². The zero-order valence-electron chi connectivity index (χ0n) is 12.7. The smallest absolute Gasteiger partial charge is 0.262 e. The molecular weight excluding hydrogens is 382 g/mol. The van der Waals surface area contributed by atoms with Crippen LogP contribution in [0.4, 0.5) is 5.69 Å². The number of hydrogen-bond acceptors (Lipinski definition) is 3. The van der Waals surface area contributed by atoms with E-state index in [1.54, 1.807) is 18.2 Å². The molecule has 2 aromatic rings. The highest BCUT2D eigenvalue weighted by Crippen LogP contribution is 2.25. The number of carbonyl (C=O) groups excluding carboxylic acids is 2. The third-order valence-corrected chi connectivity index (χ3v) is 3.97. The first-order chi connectivity index (χ1) is 10.9.